The molecule has 4 heteroatoms. The Hall–Kier alpha value is -3.37. The van der Waals surface area contributed by atoms with Crippen molar-refractivity contribution in [1.82, 2.24) is 9.88 Å². The summed E-state index contributed by atoms with van der Waals surface area (Å²) < 4.78 is 7.42. The molecule has 0 aliphatic carbocycles. The highest BCUT2D eigenvalue weighted by molar-refractivity contribution is 5.86. The molecule has 176 valence electrons. The van der Waals surface area contributed by atoms with Crippen molar-refractivity contribution in [3.63, 3.8) is 0 Å². The first-order chi connectivity index (χ1) is 16.6. The van der Waals surface area contributed by atoms with Gasteiger partial charge < -0.3 is 14.6 Å². The largest absolute Gasteiger partial charge is 0.383 e. The van der Waals surface area contributed by atoms with Gasteiger partial charge in [0.1, 0.15) is 0 Å². The minimum atomic E-state index is 0.0745. The molecule has 0 saturated carbocycles. The van der Waals surface area contributed by atoms with Crippen molar-refractivity contribution in [1.29, 1.82) is 0 Å². The molecule has 0 spiro atoms. The quantitative estimate of drug-likeness (QED) is 0.288. The smallest absolute Gasteiger partial charge is 0.220 e. The summed E-state index contributed by atoms with van der Waals surface area (Å²) >= 11 is 0. The number of benzene rings is 3. The Morgan fingerprint density at radius 2 is 1.68 bits per heavy atom. The number of carbonyl (C=O) groups excluding carboxylic acids is 1. The number of methoxy groups -OCH3 is 1. The van der Waals surface area contributed by atoms with Gasteiger partial charge in [-0.1, -0.05) is 78.4 Å². The molecular weight excluding hydrogens is 420 g/mol. The topological polar surface area (TPSA) is 43.3 Å². The van der Waals surface area contributed by atoms with Gasteiger partial charge in [0.2, 0.25) is 5.91 Å². The van der Waals surface area contributed by atoms with E-state index in [1.165, 1.54) is 33.2 Å². The first-order valence-corrected chi connectivity index (χ1v) is 12.1. The summed E-state index contributed by atoms with van der Waals surface area (Å²) in [6.07, 6.45) is 4.59. The Balaban J connectivity index is 1.63. The maximum Gasteiger partial charge on any atom is 0.220 e. The summed E-state index contributed by atoms with van der Waals surface area (Å²) in [5, 5.41) is 4.24. The average molecular weight is 455 g/mol. The molecule has 4 rings (SSSR count). The molecule has 1 amide bonds. The average Bonchev–Trinajstić information content (AvgIpc) is 3.22. The summed E-state index contributed by atoms with van der Waals surface area (Å²) in [5.74, 6) is 0.206. The zero-order chi connectivity index (χ0) is 23.8. The van der Waals surface area contributed by atoms with E-state index in [4.69, 9.17) is 4.74 Å². The lowest BCUT2D eigenvalue weighted by Crippen LogP contribution is -2.28. The molecule has 1 N–H and O–H groups in total. The molecule has 0 radical (unpaired) electrons. The molecule has 0 saturated heterocycles. The number of para-hydroxylation sites is 1. The van der Waals surface area contributed by atoms with Gasteiger partial charge in [-0.05, 0) is 48.4 Å². The molecule has 1 unspecified atom stereocenters. The predicted molar refractivity (Wildman–Crippen MR) is 139 cm³/mol. The van der Waals surface area contributed by atoms with E-state index in [2.05, 4.69) is 95.8 Å². The van der Waals surface area contributed by atoms with Crippen molar-refractivity contribution in [3.8, 4) is 0 Å². The number of amides is 1. The third-order valence-corrected chi connectivity index (χ3v) is 6.42. The van der Waals surface area contributed by atoms with Crippen LogP contribution < -0.4 is 5.32 Å². The number of hydrogen-bond acceptors (Lipinski definition) is 2. The molecule has 0 bridgehead atoms. The number of aryl methyl sites for hydroxylation is 2. The van der Waals surface area contributed by atoms with E-state index in [1.807, 2.05) is 6.07 Å². The van der Waals surface area contributed by atoms with Crippen molar-refractivity contribution in [3.05, 3.63) is 107 Å². The maximum atomic E-state index is 12.8. The van der Waals surface area contributed by atoms with Gasteiger partial charge in [-0.3, -0.25) is 4.79 Å². The second-order valence-corrected chi connectivity index (χ2v) is 8.98. The molecule has 1 aromatic heterocycles. The van der Waals surface area contributed by atoms with Crippen LogP contribution in [0.15, 0.2) is 85.1 Å². The van der Waals surface area contributed by atoms with Crippen LogP contribution >= 0.6 is 0 Å². The van der Waals surface area contributed by atoms with E-state index >= 15 is 0 Å². The summed E-state index contributed by atoms with van der Waals surface area (Å²) in [6.45, 7) is 3.99. The van der Waals surface area contributed by atoms with Gasteiger partial charge in [-0.2, -0.15) is 0 Å². The SMILES string of the molecule is COCCNC(=O)CC(CCc1ccccc1)c1cn(Cc2ccc(C)cc2)c2ccccc12. The lowest BCUT2D eigenvalue weighted by Gasteiger charge is -2.17. The first-order valence-electron chi connectivity index (χ1n) is 12.1. The van der Waals surface area contributed by atoms with E-state index in [0.29, 0.717) is 19.6 Å². The van der Waals surface area contributed by atoms with Crippen LogP contribution in [0.5, 0.6) is 0 Å². The summed E-state index contributed by atoms with van der Waals surface area (Å²) in [4.78, 5) is 12.8. The molecule has 4 nitrogen and oxygen atoms in total. The van der Waals surface area contributed by atoms with Crippen LogP contribution in [-0.2, 0) is 22.5 Å². The molecule has 1 atom stereocenters. The van der Waals surface area contributed by atoms with E-state index in [1.54, 1.807) is 7.11 Å². The van der Waals surface area contributed by atoms with Gasteiger partial charge in [0.25, 0.3) is 0 Å². The number of nitrogens with one attached hydrogen (secondary N) is 1. The fourth-order valence-corrected chi connectivity index (χ4v) is 4.56. The van der Waals surface area contributed by atoms with Crippen molar-refractivity contribution >= 4 is 16.8 Å². The molecule has 3 aromatic carbocycles. The monoisotopic (exact) mass is 454 g/mol. The number of aromatic nitrogens is 1. The fourth-order valence-electron chi connectivity index (χ4n) is 4.56. The van der Waals surface area contributed by atoms with Gasteiger partial charge in [0.05, 0.1) is 6.61 Å². The first kappa shape index (κ1) is 23.8. The van der Waals surface area contributed by atoms with Crippen LogP contribution in [0, 0.1) is 6.92 Å². The number of rotatable bonds is 11. The Kier molecular flexibility index (Phi) is 8.16. The molecule has 1 heterocycles. The lowest BCUT2D eigenvalue weighted by atomic mass is 9.89. The second-order valence-electron chi connectivity index (χ2n) is 8.98. The van der Waals surface area contributed by atoms with Gasteiger partial charge in [0, 0.05) is 43.7 Å². The van der Waals surface area contributed by atoms with Crippen LogP contribution in [0.4, 0.5) is 0 Å². The highest BCUT2D eigenvalue weighted by atomic mass is 16.5. The number of ether oxygens (including phenoxy) is 1. The highest BCUT2D eigenvalue weighted by Crippen LogP contribution is 2.33. The van der Waals surface area contributed by atoms with Crippen LogP contribution in [0.3, 0.4) is 0 Å². The van der Waals surface area contributed by atoms with Crippen molar-refractivity contribution in [2.24, 2.45) is 0 Å². The van der Waals surface area contributed by atoms with Crippen LogP contribution in [0.25, 0.3) is 10.9 Å². The minimum Gasteiger partial charge on any atom is -0.383 e. The minimum absolute atomic E-state index is 0.0745. The van der Waals surface area contributed by atoms with Crippen molar-refractivity contribution in [2.75, 3.05) is 20.3 Å². The summed E-state index contributed by atoms with van der Waals surface area (Å²) in [6, 6.07) is 27.8. The third kappa shape index (κ3) is 6.15. The van der Waals surface area contributed by atoms with Crippen molar-refractivity contribution < 1.29 is 9.53 Å². The van der Waals surface area contributed by atoms with E-state index in [0.717, 1.165) is 19.4 Å². The Morgan fingerprint density at radius 3 is 2.44 bits per heavy atom. The maximum absolute atomic E-state index is 12.8. The Morgan fingerprint density at radius 1 is 0.941 bits per heavy atom. The van der Waals surface area contributed by atoms with E-state index in [-0.39, 0.29) is 11.8 Å². The van der Waals surface area contributed by atoms with Crippen molar-refractivity contribution in [2.45, 2.75) is 38.6 Å². The number of hydrogen-bond donors (Lipinski definition) is 1. The Labute approximate surface area is 202 Å². The normalized spacial score (nSPS) is 12.1. The van der Waals surface area contributed by atoms with Gasteiger partial charge in [0.15, 0.2) is 0 Å². The Bertz CT molecular complexity index is 1200. The van der Waals surface area contributed by atoms with E-state index in [9.17, 15) is 4.79 Å². The molecule has 0 aliphatic rings. The third-order valence-electron chi connectivity index (χ3n) is 6.42. The standard InChI is InChI=1S/C30H34N2O2/c1-23-12-14-25(15-13-23)21-32-22-28(27-10-6-7-11-29(27)32)26(20-30(33)31-18-19-34-2)17-16-24-8-4-3-5-9-24/h3-15,22,26H,16-21H2,1-2H3,(H,31,33). The predicted octanol–water partition coefficient (Wildman–Crippen LogP) is 5.87. The zero-order valence-electron chi connectivity index (χ0n) is 20.2. The zero-order valence-corrected chi connectivity index (χ0v) is 20.2. The molecular formula is C30H34N2O2. The van der Waals surface area contributed by atoms with E-state index < -0.39 is 0 Å². The molecule has 0 aliphatic heterocycles. The number of nitrogens with zero attached hydrogens (tertiary/aromatic N) is 1. The molecule has 4 aromatic rings. The number of carbonyl (C=O) groups is 1. The summed E-state index contributed by atoms with van der Waals surface area (Å²) in [7, 11) is 1.65. The van der Waals surface area contributed by atoms with Crippen LogP contribution in [0.2, 0.25) is 0 Å². The van der Waals surface area contributed by atoms with Crippen LogP contribution in [0.1, 0.15) is 41.0 Å². The fraction of sp³-hybridized carbons (Fsp3) is 0.300. The van der Waals surface area contributed by atoms with Gasteiger partial charge in [-0.25, -0.2) is 0 Å². The highest BCUT2D eigenvalue weighted by Gasteiger charge is 2.21. The molecule has 0 fully saturated rings. The molecule has 34 heavy (non-hydrogen) atoms. The lowest BCUT2D eigenvalue weighted by molar-refractivity contribution is -0.121. The second kappa shape index (κ2) is 11.7. The summed E-state index contributed by atoms with van der Waals surface area (Å²) in [5.41, 5.74) is 6.30. The van der Waals surface area contributed by atoms with Gasteiger partial charge >= 0.3 is 0 Å². The van der Waals surface area contributed by atoms with Crippen LogP contribution in [-0.4, -0.2) is 30.7 Å². The van der Waals surface area contributed by atoms with Gasteiger partial charge in [-0.15, -0.1) is 0 Å². The number of fused-ring (bicyclic) bond motifs is 1.